The molecular formula is C21H34N2O4S. The molecule has 0 aliphatic carbocycles. The van der Waals surface area contributed by atoms with E-state index in [1.807, 2.05) is 6.92 Å². The van der Waals surface area contributed by atoms with Crippen LogP contribution in [0.25, 0.3) is 0 Å². The third-order valence-corrected chi connectivity index (χ3v) is 6.91. The van der Waals surface area contributed by atoms with Crippen molar-refractivity contribution in [2.75, 3.05) is 26.3 Å². The van der Waals surface area contributed by atoms with E-state index in [0.717, 1.165) is 18.4 Å². The molecule has 1 aromatic rings. The van der Waals surface area contributed by atoms with Gasteiger partial charge in [0.05, 0.1) is 18.1 Å². The van der Waals surface area contributed by atoms with Crippen molar-refractivity contribution in [2.45, 2.75) is 63.8 Å². The third kappa shape index (κ3) is 7.18. The predicted octanol–water partition coefficient (Wildman–Crippen LogP) is 2.97. The molecule has 2 rings (SSSR count). The molecule has 1 aliphatic rings. The highest BCUT2D eigenvalue weighted by Crippen LogP contribution is 2.18. The number of morpholine rings is 1. The van der Waals surface area contributed by atoms with Crippen molar-refractivity contribution in [2.24, 2.45) is 5.92 Å². The van der Waals surface area contributed by atoms with Crippen molar-refractivity contribution in [1.29, 1.82) is 0 Å². The number of carbonyl (C=O) groups excluding carboxylic acids is 1. The van der Waals surface area contributed by atoms with Gasteiger partial charge in [-0.2, -0.15) is 4.31 Å². The second-order valence-corrected chi connectivity index (χ2v) is 9.89. The van der Waals surface area contributed by atoms with Gasteiger partial charge in [0.25, 0.3) is 0 Å². The second-order valence-electron chi connectivity index (χ2n) is 7.95. The predicted molar refractivity (Wildman–Crippen MR) is 111 cm³/mol. The van der Waals surface area contributed by atoms with Gasteiger partial charge in [0.15, 0.2) is 0 Å². The smallest absolute Gasteiger partial charge is 0.243 e. The Morgan fingerprint density at radius 1 is 1.11 bits per heavy atom. The SMILES string of the molecule is CC(C)CCCC(C)NC(=O)CCc1ccc(S(=O)(=O)N2CCOCC2)cc1. The van der Waals surface area contributed by atoms with Gasteiger partial charge in [0, 0.05) is 25.6 Å². The van der Waals surface area contributed by atoms with Crippen LogP contribution in [0, 0.1) is 5.92 Å². The molecule has 0 radical (unpaired) electrons. The molecule has 28 heavy (non-hydrogen) atoms. The van der Waals surface area contributed by atoms with Crippen LogP contribution < -0.4 is 5.32 Å². The van der Waals surface area contributed by atoms with Gasteiger partial charge >= 0.3 is 0 Å². The average molecular weight is 411 g/mol. The number of carbonyl (C=O) groups is 1. The van der Waals surface area contributed by atoms with Gasteiger partial charge in [0.1, 0.15) is 0 Å². The van der Waals surface area contributed by atoms with Crippen LogP contribution in [0.5, 0.6) is 0 Å². The minimum atomic E-state index is -3.47. The van der Waals surface area contributed by atoms with E-state index >= 15 is 0 Å². The molecule has 0 spiro atoms. The lowest BCUT2D eigenvalue weighted by Crippen LogP contribution is -2.40. The van der Waals surface area contributed by atoms with E-state index in [2.05, 4.69) is 19.2 Å². The number of amides is 1. The van der Waals surface area contributed by atoms with E-state index in [9.17, 15) is 13.2 Å². The fourth-order valence-electron chi connectivity index (χ4n) is 3.27. The largest absolute Gasteiger partial charge is 0.379 e. The number of nitrogens with zero attached hydrogens (tertiary/aromatic N) is 1. The fraction of sp³-hybridized carbons (Fsp3) is 0.667. The number of aryl methyl sites for hydroxylation is 1. The normalized spacial score (nSPS) is 16.9. The summed E-state index contributed by atoms with van der Waals surface area (Å²) in [5, 5.41) is 3.05. The van der Waals surface area contributed by atoms with Gasteiger partial charge in [-0.25, -0.2) is 8.42 Å². The number of sulfonamides is 1. The van der Waals surface area contributed by atoms with Crippen LogP contribution in [0.15, 0.2) is 29.2 Å². The summed E-state index contributed by atoms with van der Waals surface area (Å²) in [4.78, 5) is 12.4. The van der Waals surface area contributed by atoms with E-state index in [-0.39, 0.29) is 11.9 Å². The number of rotatable bonds is 10. The first-order valence-electron chi connectivity index (χ1n) is 10.2. The summed E-state index contributed by atoms with van der Waals surface area (Å²) in [7, 11) is -3.47. The summed E-state index contributed by atoms with van der Waals surface area (Å²) < 4.78 is 31.9. The first-order chi connectivity index (χ1) is 13.3. The highest BCUT2D eigenvalue weighted by atomic mass is 32.2. The van der Waals surface area contributed by atoms with E-state index in [0.29, 0.717) is 50.0 Å². The Kier molecular flexibility index (Phi) is 8.92. The number of benzene rings is 1. The summed E-state index contributed by atoms with van der Waals surface area (Å²) in [5.74, 6) is 0.736. The Hall–Kier alpha value is -1.44. The molecule has 1 aromatic carbocycles. The van der Waals surface area contributed by atoms with Gasteiger partial charge in [-0.1, -0.05) is 38.8 Å². The fourth-order valence-corrected chi connectivity index (χ4v) is 4.68. The van der Waals surface area contributed by atoms with E-state index in [1.165, 1.54) is 10.7 Å². The van der Waals surface area contributed by atoms with E-state index in [1.54, 1.807) is 24.3 Å². The van der Waals surface area contributed by atoms with E-state index < -0.39 is 10.0 Å². The van der Waals surface area contributed by atoms with Crippen molar-refractivity contribution in [3.05, 3.63) is 29.8 Å². The van der Waals surface area contributed by atoms with Gasteiger partial charge in [-0.05, 0) is 43.4 Å². The molecule has 1 N–H and O–H groups in total. The Morgan fingerprint density at radius 2 is 1.75 bits per heavy atom. The highest BCUT2D eigenvalue weighted by Gasteiger charge is 2.26. The first-order valence-corrected chi connectivity index (χ1v) is 11.7. The molecular weight excluding hydrogens is 376 g/mol. The molecule has 1 fully saturated rings. The maximum atomic E-state index is 12.6. The average Bonchev–Trinajstić information content (AvgIpc) is 2.67. The number of nitrogens with one attached hydrogen (secondary N) is 1. The van der Waals surface area contributed by atoms with Crippen LogP contribution in [-0.2, 0) is 26.0 Å². The van der Waals surface area contributed by atoms with Crippen LogP contribution in [0.2, 0.25) is 0 Å². The quantitative estimate of drug-likeness (QED) is 0.643. The minimum Gasteiger partial charge on any atom is -0.379 e. The summed E-state index contributed by atoms with van der Waals surface area (Å²) in [6.45, 7) is 8.11. The Balaban J connectivity index is 1.79. The van der Waals surface area contributed by atoms with E-state index in [4.69, 9.17) is 4.74 Å². The van der Waals surface area contributed by atoms with Crippen LogP contribution >= 0.6 is 0 Å². The topological polar surface area (TPSA) is 75.7 Å². The van der Waals surface area contributed by atoms with Crippen molar-refractivity contribution >= 4 is 15.9 Å². The second kappa shape index (κ2) is 10.9. The molecule has 0 aromatic heterocycles. The van der Waals surface area contributed by atoms with Crippen LogP contribution in [0.3, 0.4) is 0 Å². The van der Waals surface area contributed by atoms with Crippen molar-refractivity contribution < 1.29 is 17.9 Å². The summed E-state index contributed by atoms with van der Waals surface area (Å²) in [5.41, 5.74) is 0.962. The molecule has 1 amide bonds. The van der Waals surface area contributed by atoms with Crippen molar-refractivity contribution in [3.63, 3.8) is 0 Å². The first kappa shape index (κ1) is 22.8. The van der Waals surface area contributed by atoms with Gasteiger partial charge in [0.2, 0.25) is 15.9 Å². The lowest BCUT2D eigenvalue weighted by molar-refractivity contribution is -0.121. The van der Waals surface area contributed by atoms with Crippen LogP contribution in [-0.4, -0.2) is 51.0 Å². The molecule has 0 saturated carbocycles. The van der Waals surface area contributed by atoms with Gasteiger partial charge < -0.3 is 10.1 Å². The standard InChI is InChI=1S/C21H34N2O4S/c1-17(2)5-4-6-18(3)22-21(24)12-9-19-7-10-20(11-8-19)28(25,26)23-13-15-27-16-14-23/h7-8,10-11,17-18H,4-6,9,12-16H2,1-3H3,(H,22,24). The molecule has 1 saturated heterocycles. The molecule has 1 atom stereocenters. The zero-order valence-electron chi connectivity index (χ0n) is 17.3. The van der Waals surface area contributed by atoms with Crippen LogP contribution in [0.1, 0.15) is 52.0 Å². The Bertz CT molecular complexity index is 710. The molecule has 0 bridgehead atoms. The maximum absolute atomic E-state index is 12.6. The lowest BCUT2D eigenvalue weighted by Gasteiger charge is -2.26. The van der Waals surface area contributed by atoms with Gasteiger partial charge in [-0.3, -0.25) is 4.79 Å². The minimum absolute atomic E-state index is 0.0436. The van der Waals surface area contributed by atoms with Crippen LogP contribution in [0.4, 0.5) is 0 Å². The number of hydrogen-bond donors (Lipinski definition) is 1. The lowest BCUT2D eigenvalue weighted by atomic mass is 10.0. The third-order valence-electron chi connectivity index (χ3n) is 5.00. The molecule has 1 heterocycles. The Labute approximate surface area is 169 Å². The Morgan fingerprint density at radius 3 is 2.36 bits per heavy atom. The number of hydrogen-bond acceptors (Lipinski definition) is 4. The van der Waals surface area contributed by atoms with Crippen molar-refractivity contribution in [1.82, 2.24) is 9.62 Å². The molecule has 1 unspecified atom stereocenters. The summed E-state index contributed by atoms with van der Waals surface area (Å²) >= 11 is 0. The summed E-state index contributed by atoms with van der Waals surface area (Å²) in [6, 6.07) is 7.05. The molecule has 158 valence electrons. The zero-order valence-corrected chi connectivity index (χ0v) is 18.1. The zero-order chi connectivity index (χ0) is 20.6. The molecule has 1 aliphatic heterocycles. The summed E-state index contributed by atoms with van der Waals surface area (Å²) in [6.07, 6.45) is 4.31. The van der Waals surface area contributed by atoms with Gasteiger partial charge in [-0.15, -0.1) is 0 Å². The molecule has 7 heteroatoms. The highest BCUT2D eigenvalue weighted by molar-refractivity contribution is 7.89. The van der Waals surface area contributed by atoms with Crippen molar-refractivity contribution in [3.8, 4) is 0 Å². The number of ether oxygens (including phenoxy) is 1. The monoisotopic (exact) mass is 410 g/mol. The molecule has 6 nitrogen and oxygen atoms in total. The maximum Gasteiger partial charge on any atom is 0.243 e.